The summed E-state index contributed by atoms with van der Waals surface area (Å²) < 4.78 is 5.73. The van der Waals surface area contributed by atoms with Gasteiger partial charge in [-0.1, -0.05) is 41.4 Å². The zero-order chi connectivity index (χ0) is 23.8. The molecule has 5 rings (SSSR count). The Bertz CT molecular complexity index is 1390. The number of nitrogens with zero attached hydrogens (tertiary/aromatic N) is 3. The first-order chi connectivity index (χ1) is 16.4. The van der Waals surface area contributed by atoms with Gasteiger partial charge in [0.25, 0.3) is 5.91 Å². The van der Waals surface area contributed by atoms with E-state index >= 15 is 0 Å². The van der Waals surface area contributed by atoms with Crippen molar-refractivity contribution < 1.29 is 9.53 Å². The number of amides is 1. The summed E-state index contributed by atoms with van der Waals surface area (Å²) in [5, 5.41) is 5.02. The summed E-state index contributed by atoms with van der Waals surface area (Å²) in [4.78, 5) is 24.6. The van der Waals surface area contributed by atoms with E-state index in [0.29, 0.717) is 39.8 Å². The fraction of sp³-hybridized carbons (Fsp3) is 0.192. The van der Waals surface area contributed by atoms with Crippen molar-refractivity contribution in [2.45, 2.75) is 12.5 Å². The number of anilines is 1. The summed E-state index contributed by atoms with van der Waals surface area (Å²) in [7, 11) is 3.82. The van der Waals surface area contributed by atoms with Gasteiger partial charge < -0.3 is 15.0 Å². The molecule has 6 nitrogen and oxygen atoms in total. The lowest BCUT2D eigenvalue weighted by Gasteiger charge is -2.27. The number of para-hydroxylation sites is 1. The van der Waals surface area contributed by atoms with Gasteiger partial charge in [0.15, 0.2) is 0 Å². The number of aromatic nitrogens is 2. The van der Waals surface area contributed by atoms with Crippen molar-refractivity contribution >= 4 is 59.2 Å². The Morgan fingerprint density at radius 2 is 1.83 bits per heavy atom. The Morgan fingerprint density at radius 1 is 1.09 bits per heavy atom. The average molecular weight is 527 g/mol. The molecule has 9 heteroatoms. The molecule has 1 atom stereocenters. The molecule has 1 amide bonds. The molecule has 180 valence electrons. The van der Waals surface area contributed by atoms with Crippen molar-refractivity contribution in [1.29, 1.82) is 0 Å². The number of rotatable bonds is 4. The number of ether oxygens (including phenoxy) is 1. The van der Waals surface area contributed by atoms with E-state index in [1.54, 1.807) is 30.6 Å². The topological polar surface area (TPSA) is 67.4 Å². The lowest BCUT2D eigenvalue weighted by Crippen LogP contribution is -2.33. The minimum absolute atomic E-state index is 0. The molecule has 35 heavy (non-hydrogen) atoms. The highest BCUT2D eigenvalue weighted by Crippen LogP contribution is 2.36. The molecule has 0 radical (unpaired) electrons. The second kappa shape index (κ2) is 10.3. The molecule has 4 aromatic rings. The Hall–Kier alpha value is -3.00. The first kappa shape index (κ1) is 25.1. The van der Waals surface area contributed by atoms with Gasteiger partial charge in [-0.25, -0.2) is 0 Å². The fourth-order valence-electron chi connectivity index (χ4n) is 4.39. The van der Waals surface area contributed by atoms with Crippen molar-refractivity contribution in [3.05, 3.63) is 82.1 Å². The van der Waals surface area contributed by atoms with Crippen LogP contribution in [-0.4, -0.2) is 36.6 Å². The van der Waals surface area contributed by atoms with E-state index in [9.17, 15) is 4.79 Å². The second-order valence-corrected chi connectivity index (χ2v) is 9.20. The number of carbonyl (C=O) groups is 1. The molecule has 2 aromatic carbocycles. The molecule has 1 aliphatic heterocycles. The van der Waals surface area contributed by atoms with E-state index < -0.39 is 0 Å². The third-order valence-corrected chi connectivity index (χ3v) is 6.29. The largest absolute Gasteiger partial charge is 0.493 e. The highest BCUT2D eigenvalue weighted by molar-refractivity contribution is 7.59. The average Bonchev–Trinajstić information content (AvgIpc) is 2.82. The molecule has 0 bridgehead atoms. The number of benzene rings is 2. The lowest BCUT2D eigenvalue weighted by molar-refractivity contribution is 0.0925. The predicted molar refractivity (Wildman–Crippen MR) is 146 cm³/mol. The van der Waals surface area contributed by atoms with Gasteiger partial charge in [0.05, 0.1) is 35.1 Å². The van der Waals surface area contributed by atoms with Gasteiger partial charge >= 0.3 is 0 Å². The summed E-state index contributed by atoms with van der Waals surface area (Å²) in [6, 6.07) is 14.8. The van der Waals surface area contributed by atoms with Gasteiger partial charge in [-0.2, -0.15) is 13.5 Å². The predicted octanol–water partition coefficient (Wildman–Crippen LogP) is 6.04. The number of nitrogens with one attached hydrogen (secondary N) is 1. The fourth-order valence-corrected chi connectivity index (χ4v) is 4.91. The summed E-state index contributed by atoms with van der Waals surface area (Å²) in [5.41, 5.74) is 4.30. The van der Waals surface area contributed by atoms with Gasteiger partial charge in [-0.15, -0.1) is 0 Å². The molecule has 0 aliphatic carbocycles. The SMILES string of the molecule is CN(C)c1c(C(=O)N[C@H]2CCOc3ccccc32)cnc2c(-c3cc(Cl)cc(Cl)c3)nccc12.S. The number of fused-ring (bicyclic) bond motifs is 2. The van der Waals surface area contributed by atoms with Gasteiger partial charge in [0.2, 0.25) is 0 Å². The summed E-state index contributed by atoms with van der Waals surface area (Å²) in [6.45, 7) is 0.551. The molecule has 0 spiro atoms. The highest BCUT2D eigenvalue weighted by atomic mass is 35.5. The Kier molecular flexibility index (Phi) is 7.40. The second-order valence-electron chi connectivity index (χ2n) is 8.33. The van der Waals surface area contributed by atoms with Crippen molar-refractivity contribution in [1.82, 2.24) is 15.3 Å². The smallest absolute Gasteiger partial charge is 0.255 e. The molecule has 0 unspecified atom stereocenters. The summed E-state index contributed by atoms with van der Waals surface area (Å²) >= 11 is 12.5. The molecule has 1 N–H and O–H groups in total. The number of pyridine rings is 2. The Labute approximate surface area is 220 Å². The Balaban J connectivity index is 0.00000289. The number of halogens is 2. The zero-order valence-electron chi connectivity index (χ0n) is 19.2. The minimum atomic E-state index is -0.191. The maximum absolute atomic E-state index is 13.5. The van der Waals surface area contributed by atoms with E-state index in [-0.39, 0.29) is 25.4 Å². The van der Waals surface area contributed by atoms with Crippen LogP contribution in [0.2, 0.25) is 10.0 Å². The number of carbonyl (C=O) groups excluding carboxylic acids is 1. The lowest BCUT2D eigenvalue weighted by atomic mass is 9.99. The van der Waals surface area contributed by atoms with Crippen LogP contribution in [0.3, 0.4) is 0 Å². The van der Waals surface area contributed by atoms with Crippen molar-refractivity contribution in [2.75, 3.05) is 25.6 Å². The van der Waals surface area contributed by atoms with Crippen LogP contribution in [0.4, 0.5) is 5.69 Å². The first-order valence-electron chi connectivity index (χ1n) is 10.9. The van der Waals surface area contributed by atoms with E-state index in [0.717, 1.165) is 28.0 Å². The first-order valence-corrected chi connectivity index (χ1v) is 11.6. The maximum atomic E-state index is 13.5. The van der Waals surface area contributed by atoms with Crippen LogP contribution in [0, 0.1) is 0 Å². The standard InChI is InChI=1S/C26H22Cl2N4O2.H2S/c1-32(2)25-19-7-9-29-23(15-11-16(27)13-17(28)12-15)24(19)30-14-20(25)26(33)31-21-8-10-34-22-6-4-3-5-18(21)22;/h3-7,9,11-14,21H,8,10H2,1-2H3,(H,31,33);1H2/t21-;/m0./s1. The summed E-state index contributed by atoms with van der Waals surface area (Å²) in [6.07, 6.45) is 4.01. The monoisotopic (exact) mass is 526 g/mol. The van der Waals surface area contributed by atoms with Crippen molar-refractivity contribution in [3.8, 4) is 17.0 Å². The molecule has 0 saturated carbocycles. The van der Waals surface area contributed by atoms with Crippen molar-refractivity contribution in [3.63, 3.8) is 0 Å². The van der Waals surface area contributed by atoms with E-state index in [2.05, 4.69) is 15.3 Å². The van der Waals surface area contributed by atoms with Crippen LogP contribution in [0.5, 0.6) is 5.75 Å². The van der Waals surface area contributed by atoms with E-state index in [4.69, 9.17) is 27.9 Å². The normalized spacial score (nSPS) is 14.5. The van der Waals surface area contributed by atoms with Crippen LogP contribution in [0.25, 0.3) is 22.2 Å². The zero-order valence-corrected chi connectivity index (χ0v) is 21.7. The molecule has 0 fully saturated rings. The number of hydrogen-bond acceptors (Lipinski definition) is 5. The molecule has 2 aromatic heterocycles. The molecule has 1 aliphatic rings. The number of hydrogen-bond donors (Lipinski definition) is 1. The van der Waals surface area contributed by atoms with Crippen LogP contribution in [-0.2, 0) is 0 Å². The van der Waals surface area contributed by atoms with E-state index in [1.807, 2.05) is 49.3 Å². The van der Waals surface area contributed by atoms with Gasteiger partial charge in [0.1, 0.15) is 5.75 Å². The Morgan fingerprint density at radius 3 is 2.57 bits per heavy atom. The quantitative estimate of drug-likeness (QED) is 0.351. The molecule has 3 heterocycles. The van der Waals surface area contributed by atoms with Crippen molar-refractivity contribution in [2.24, 2.45) is 0 Å². The molecular weight excluding hydrogens is 503 g/mol. The molecule has 0 saturated heterocycles. The maximum Gasteiger partial charge on any atom is 0.255 e. The highest BCUT2D eigenvalue weighted by Gasteiger charge is 2.26. The van der Waals surface area contributed by atoms with Crippen LogP contribution < -0.4 is 15.0 Å². The third kappa shape index (κ3) is 4.89. The third-order valence-electron chi connectivity index (χ3n) is 5.85. The molecular formula is C26H24Cl2N4O2S. The van der Waals surface area contributed by atoms with Gasteiger partial charge in [-0.3, -0.25) is 14.8 Å². The minimum Gasteiger partial charge on any atom is -0.493 e. The van der Waals surface area contributed by atoms with Gasteiger partial charge in [0, 0.05) is 59.5 Å². The van der Waals surface area contributed by atoms with E-state index in [1.165, 1.54) is 0 Å². The summed E-state index contributed by atoms with van der Waals surface area (Å²) in [5.74, 6) is 0.614. The van der Waals surface area contributed by atoms with Crippen LogP contribution in [0.15, 0.2) is 60.9 Å². The van der Waals surface area contributed by atoms with Crippen LogP contribution in [0.1, 0.15) is 28.4 Å². The van der Waals surface area contributed by atoms with Gasteiger partial charge in [-0.05, 0) is 30.3 Å². The van der Waals surface area contributed by atoms with Crippen LogP contribution >= 0.6 is 36.7 Å².